The molecule has 0 saturated heterocycles. The first-order valence-electron chi connectivity index (χ1n) is 9.36. The largest absolute Gasteiger partial charge is 0.325 e. The van der Waals surface area contributed by atoms with Gasteiger partial charge in [0, 0.05) is 22.0 Å². The summed E-state index contributed by atoms with van der Waals surface area (Å²) in [6, 6.07) is 25.0. The third-order valence-electron chi connectivity index (χ3n) is 4.42. The van der Waals surface area contributed by atoms with Crippen molar-refractivity contribution in [2.24, 2.45) is 0 Å². The molecule has 0 spiro atoms. The first-order valence-corrected chi connectivity index (χ1v) is 10.7. The summed E-state index contributed by atoms with van der Waals surface area (Å²) in [5.41, 5.74) is 3.76. The Morgan fingerprint density at radius 2 is 1.67 bits per heavy atom. The molecule has 150 valence electrons. The second-order valence-corrected chi connectivity index (χ2v) is 8.07. The molecular formula is C23H19ClN4OS. The van der Waals surface area contributed by atoms with Crippen molar-refractivity contribution >= 4 is 35.0 Å². The van der Waals surface area contributed by atoms with Crippen LogP contribution in [-0.2, 0) is 4.79 Å². The van der Waals surface area contributed by atoms with E-state index in [1.807, 2.05) is 90.4 Å². The number of amides is 1. The zero-order valence-electron chi connectivity index (χ0n) is 16.2. The average molecular weight is 435 g/mol. The number of aromatic nitrogens is 3. The van der Waals surface area contributed by atoms with Crippen molar-refractivity contribution in [1.82, 2.24) is 14.8 Å². The fraction of sp³-hybridized carbons (Fsp3) is 0.0870. The number of thioether (sulfide) groups is 1. The zero-order valence-corrected chi connectivity index (χ0v) is 17.8. The molecule has 3 aromatic carbocycles. The van der Waals surface area contributed by atoms with E-state index in [1.165, 1.54) is 11.8 Å². The van der Waals surface area contributed by atoms with Gasteiger partial charge >= 0.3 is 0 Å². The summed E-state index contributed by atoms with van der Waals surface area (Å²) in [5.74, 6) is 0.818. The second kappa shape index (κ2) is 9.15. The maximum atomic E-state index is 12.4. The second-order valence-electron chi connectivity index (χ2n) is 6.69. The number of halogens is 1. The maximum Gasteiger partial charge on any atom is 0.234 e. The van der Waals surface area contributed by atoms with Crippen LogP contribution in [0, 0.1) is 6.92 Å². The van der Waals surface area contributed by atoms with Crippen LogP contribution < -0.4 is 5.32 Å². The summed E-state index contributed by atoms with van der Waals surface area (Å²) in [6.45, 7) is 2.04. The Hall–Kier alpha value is -3.09. The average Bonchev–Trinajstić information content (AvgIpc) is 3.18. The lowest BCUT2D eigenvalue weighted by Crippen LogP contribution is -2.14. The molecule has 7 heteroatoms. The summed E-state index contributed by atoms with van der Waals surface area (Å²) in [4.78, 5) is 12.4. The van der Waals surface area contributed by atoms with Crippen molar-refractivity contribution in [2.75, 3.05) is 11.1 Å². The molecule has 0 radical (unpaired) electrons. The Balaban J connectivity index is 1.61. The molecule has 0 bridgehead atoms. The number of anilines is 1. The number of carbonyl (C=O) groups is 1. The van der Waals surface area contributed by atoms with E-state index in [0.29, 0.717) is 16.0 Å². The van der Waals surface area contributed by atoms with Gasteiger partial charge in [0.2, 0.25) is 5.91 Å². The highest BCUT2D eigenvalue weighted by molar-refractivity contribution is 7.99. The molecular weight excluding hydrogens is 416 g/mol. The molecule has 4 aromatic rings. The summed E-state index contributed by atoms with van der Waals surface area (Å²) >= 11 is 7.38. The Morgan fingerprint density at radius 3 is 2.37 bits per heavy atom. The molecule has 30 heavy (non-hydrogen) atoms. The van der Waals surface area contributed by atoms with Crippen molar-refractivity contribution in [3.63, 3.8) is 0 Å². The molecule has 1 N–H and O–H groups in total. The minimum absolute atomic E-state index is 0.0994. The van der Waals surface area contributed by atoms with Crippen LogP contribution in [0.4, 0.5) is 5.69 Å². The van der Waals surface area contributed by atoms with Gasteiger partial charge in [-0.15, -0.1) is 10.2 Å². The number of nitrogens with zero attached hydrogens (tertiary/aromatic N) is 3. The minimum Gasteiger partial charge on any atom is -0.325 e. The predicted molar refractivity (Wildman–Crippen MR) is 122 cm³/mol. The SMILES string of the molecule is Cc1ccc(-n2c(SCC(=O)Nc3ccccc3)nnc2-c2ccc(Cl)cc2)cc1. The highest BCUT2D eigenvalue weighted by Gasteiger charge is 2.17. The van der Waals surface area contributed by atoms with Crippen LogP contribution in [0.15, 0.2) is 84.0 Å². The van der Waals surface area contributed by atoms with Gasteiger partial charge in [-0.3, -0.25) is 9.36 Å². The fourth-order valence-electron chi connectivity index (χ4n) is 2.92. The Labute approximate surface area is 184 Å². The summed E-state index contributed by atoms with van der Waals surface area (Å²) < 4.78 is 1.96. The van der Waals surface area contributed by atoms with E-state index in [-0.39, 0.29) is 11.7 Å². The predicted octanol–water partition coefficient (Wildman–Crippen LogP) is 5.63. The van der Waals surface area contributed by atoms with Crippen LogP contribution in [0.5, 0.6) is 0 Å². The van der Waals surface area contributed by atoms with Crippen molar-refractivity contribution < 1.29 is 4.79 Å². The smallest absolute Gasteiger partial charge is 0.234 e. The van der Waals surface area contributed by atoms with Gasteiger partial charge in [0.15, 0.2) is 11.0 Å². The number of rotatable bonds is 6. The fourth-order valence-corrected chi connectivity index (χ4v) is 3.80. The summed E-state index contributed by atoms with van der Waals surface area (Å²) in [7, 11) is 0. The highest BCUT2D eigenvalue weighted by Crippen LogP contribution is 2.29. The van der Waals surface area contributed by atoms with E-state index in [1.54, 1.807) is 0 Å². The molecule has 0 atom stereocenters. The van der Waals surface area contributed by atoms with Gasteiger partial charge in [-0.25, -0.2) is 0 Å². The molecule has 1 aromatic heterocycles. The lowest BCUT2D eigenvalue weighted by atomic mass is 10.2. The Morgan fingerprint density at radius 1 is 0.967 bits per heavy atom. The normalized spacial score (nSPS) is 10.7. The van der Waals surface area contributed by atoms with Gasteiger partial charge in [-0.05, 0) is 55.5 Å². The van der Waals surface area contributed by atoms with Crippen LogP contribution >= 0.6 is 23.4 Å². The van der Waals surface area contributed by atoms with Crippen LogP contribution in [0.25, 0.3) is 17.1 Å². The zero-order chi connectivity index (χ0) is 20.9. The van der Waals surface area contributed by atoms with Crippen LogP contribution in [0.3, 0.4) is 0 Å². The summed E-state index contributed by atoms with van der Waals surface area (Å²) in [6.07, 6.45) is 0. The van der Waals surface area contributed by atoms with Gasteiger partial charge in [-0.2, -0.15) is 0 Å². The van der Waals surface area contributed by atoms with E-state index >= 15 is 0 Å². The quantitative estimate of drug-likeness (QED) is 0.400. The van der Waals surface area contributed by atoms with Gasteiger partial charge in [0.05, 0.1) is 5.75 Å². The first-order chi connectivity index (χ1) is 14.6. The Bertz CT molecular complexity index is 1140. The van der Waals surface area contributed by atoms with Crippen LogP contribution in [0.2, 0.25) is 5.02 Å². The molecule has 5 nitrogen and oxygen atoms in total. The van der Waals surface area contributed by atoms with E-state index in [9.17, 15) is 4.79 Å². The number of benzene rings is 3. The van der Waals surface area contributed by atoms with Crippen molar-refractivity contribution in [2.45, 2.75) is 12.1 Å². The molecule has 1 amide bonds. The topological polar surface area (TPSA) is 59.8 Å². The molecule has 0 aliphatic rings. The lowest BCUT2D eigenvalue weighted by Gasteiger charge is -2.11. The summed E-state index contributed by atoms with van der Waals surface area (Å²) in [5, 5.41) is 12.9. The molecule has 0 saturated carbocycles. The molecule has 0 aliphatic carbocycles. The van der Waals surface area contributed by atoms with Crippen molar-refractivity contribution in [3.05, 3.63) is 89.4 Å². The molecule has 4 rings (SSSR count). The van der Waals surface area contributed by atoms with Gasteiger partial charge in [-0.1, -0.05) is 59.3 Å². The van der Waals surface area contributed by atoms with Crippen molar-refractivity contribution in [3.8, 4) is 17.1 Å². The minimum atomic E-state index is -0.0994. The number of hydrogen-bond donors (Lipinski definition) is 1. The number of para-hydroxylation sites is 1. The number of nitrogens with one attached hydrogen (secondary N) is 1. The standard InChI is InChI=1S/C23H19ClN4OS/c1-16-7-13-20(14-8-16)28-22(17-9-11-18(24)12-10-17)26-27-23(28)30-15-21(29)25-19-5-3-2-4-6-19/h2-14H,15H2,1H3,(H,25,29). The third kappa shape index (κ3) is 4.72. The number of carbonyl (C=O) groups excluding carboxylic acids is 1. The highest BCUT2D eigenvalue weighted by atomic mass is 35.5. The third-order valence-corrected chi connectivity index (χ3v) is 5.60. The van der Waals surface area contributed by atoms with E-state index in [2.05, 4.69) is 15.5 Å². The first kappa shape index (κ1) is 20.2. The maximum absolute atomic E-state index is 12.4. The van der Waals surface area contributed by atoms with E-state index < -0.39 is 0 Å². The monoisotopic (exact) mass is 434 g/mol. The molecule has 0 unspecified atom stereocenters. The number of hydrogen-bond acceptors (Lipinski definition) is 4. The lowest BCUT2D eigenvalue weighted by molar-refractivity contribution is -0.113. The van der Waals surface area contributed by atoms with Crippen LogP contribution in [-0.4, -0.2) is 26.4 Å². The molecule has 0 fully saturated rings. The van der Waals surface area contributed by atoms with Gasteiger partial charge in [0.1, 0.15) is 0 Å². The van der Waals surface area contributed by atoms with Crippen LogP contribution in [0.1, 0.15) is 5.56 Å². The van der Waals surface area contributed by atoms with Gasteiger partial charge in [0.25, 0.3) is 0 Å². The van der Waals surface area contributed by atoms with Crippen molar-refractivity contribution in [1.29, 1.82) is 0 Å². The number of aryl methyl sites for hydroxylation is 1. The molecule has 1 heterocycles. The van der Waals surface area contributed by atoms with Gasteiger partial charge < -0.3 is 5.32 Å². The molecule has 0 aliphatic heterocycles. The van der Waals surface area contributed by atoms with E-state index in [4.69, 9.17) is 11.6 Å². The Kier molecular flexibility index (Phi) is 6.16. The van der Waals surface area contributed by atoms with E-state index in [0.717, 1.165) is 22.5 Å².